The molecule has 0 aliphatic carbocycles. The predicted octanol–water partition coefficient (Wildman–Crippen LogP) is 16.6. The summed E-state index contributed by atoms with van der Waals surface area (Å²) in [5.74, 6) is 0. The van der Waals surface area contributed by atoms with E-state index in [1.807, 2.05) is 21.6 Å². The minimum Gasteiger partial charge on any atom is -0.296 e. The van der Waals surface area contributed by atoms with Crippen LogP contribution in [-0.2, 0) is 0 Å². The molecule has 0 aliphatic heterocycles. The van der Waals surface area contributed by atoms with Gasteiger partial charge in [-0.25, -0.2) is 0 Å². The third-order valence-corrected chi connectivity index (χ3v) is 13.5. The summed E-state index contributed by atoms with van der Waals surface area (Å²) in [6.45, 7) is 15.8. The summed E-state index contributed by atoms with van der Waals surface area (Å²) in [7, 11) is 3.88. The topological polar surface area (TPSA) is 24.7 Å². The molecule has 0 rings (SSSR count). The highest BCUT2D eigenvalue weighted by molar-refractivity contribution is 8.78. The van der Waals surface area contributed by atoms with Gasteiger partial charge in [-0.05, 0) is 40.5 Å². The van der Waals surface area contributed by atoms with Gasteiger partial charge >= 0.3 is 0 Å². The van der Waals surface area contributed by atoms with Crippen LogP contribution in [0.1, 0.15) is 247 Å². The van der Waals surface area contributed by atoms with Crippen molar-refractivity contribution in [3.05, 3.63) is 0 Å². The maximum absolute atomic E-state index is 4.81. The third kappa shape index (κ3) is 38.8. The highest BCUT2D eigenvalue weighted by atomic mass is 33.1. The molecule has 0 radical (unpaired) electrons. The first-order valence-corrected chi connectivity index (χ1v) is 23.9. The van der Waals surface area contributed by atoms with Crippen molar-refractivity contribution in [2.75, 3.05) is 13.1 Å². The van der Waals surface area contributed by atoms with E-state index < -0.39 is 0 Å². The molecule has 0 bridgehead atoms. The molecule has 0 unspecified atom stereocenters. The molecule has 2 nitrogen and oxygen atoms in total. The molecule has 0 N–H and O–H groups in total. The van der Waals surface area contributed by atoms with Crippen molar-refractivity contribution in [1.29, 1.82) is 0 Å². The number of rotatable bonds is 39. The van der Waals surface area contributed by atoms with Crippen molar-refractivity contribution in [1.82, 2.24) is 0 Å². The predicted molar refractivity (Wildman–Crippen MR) is 229 cm³/mol. The molecule has 0 atom stereocenters. The Hall–Kier alpha value is 0.0400. The van der Waals surface area contributed by atoms with Crippen molar-refractivity contribution >= 4 is 34.0 Å². The van der Waals surface area contributed by atoms with E-state index in [9.17, 15) is 0 Å². The number of nitrogens with zero attached hydrogens (tertiary/aromatic N) is 2. The lowest BCUT2D eigenvalue weighted by Gasteiger charge is -2.24. The SMILES string of the molecule is CCCCCCCCCCCCCCCCCCN=CC(C)(C)SSC(C)(C)C=NCCCCCCCCCCCCCCCCCC. The van der Waals surface area contributed by atoms with Gasteiger partial charge in [0.15, 0.2) is 0 Å². The van der Waals surface area contributed by atoms with Gasteiger partial charge in [0.25, 0.3) is 0 Å². The van der Waals surface area contributed by atoms with Crippen molar-refractivity contribution < 1.29 is 0 Å². The van der Waals surface area contributed by atoms with Gasteiger partial charge in [0.1, 0.15) is 0 Å². The van der Waals surface area contributed by atoms with Crippen molar-refractivity contribution in [3.63, 3.8) is 0 Å². The number of hydrogen-bond donors (Lipinski definition) is 0. The average Bonchev–Trinajstić information content (AvgIpc) is 3.06. The first-order chi connectivity index (χ1) is 23.3. The molecule has 4 heteroatoms. The van der Waals surface area contributed by atoms with Crippen LogP contribution in [0, 0.1) is 0 Å². The molecular weight excluding hydrogens is 621 g/mol. The Balaban J connectivity index is 3.60. The third-order valence-electron chi connectivity index (χ3n) is 9.56. The Kier molecular flexibility index (Phi) is 36.8. The fraction of sp³-hybridized carbons (Fsp3) is 0.955. The van der Waals surface area contributed by atoms with Crippen LogP contribution in [0.15, 0.2) is 9.98 Å². The second-order valence-electron chi connectivity index (χ2n) is 16.1. The van der Waals surface area contributed by atoms with Crippen LogP contribution in [0.4, 0.5) is 0 Å². The van der Waals surface area contributed by atoms with Gasteiger partial charge in [-0.2, -0.15) is 0 Å². The molecule has 0 fully saturated rings. The molecule has 48 heavy (non-hydrogen) atoms. The summed E-state index contributed by atoms with van der Waals surface area (Å²) in [5.41, 5.74) is 0. The zero-order chi connectivity index (χ0) is 35.3. The van der Waals surface area contributed by atoms with Gasteiger partial charge in [0.2, 0.25) is 0 Å². The molecule has 0 spiro atoms. The zero-order valence-electron chi connectivity index (χ0n) is 33.9. The fourth-order valence-corrected chi connectivity index (χ4v) is 8.54. The monoisotopic (exact) mass is 709 g/mol. The van der Waals surface area contributed by atoms with E-state index in [4.69, 9.17) is 9.98 Å². The molecule has 0 aliphatic rings. The molecule has 0 aromatic carbocycles. The maximum Gasteiger partial charge on any atom is 0.0554 e. The molecule has 0 heterocycles. The van der Waals surface area contributed by atoms with E-state index in [2.05, 4.69) is 54.0 Å². The minimum atomic E-state index is 0.0543. The molecule has 0 saturated carbocycles. The largest absolute Gasteiger partial charge is 0.296 e. The summed E-state index contributed by atoms with van der Waals surface area (Å²) in [5, 5.41) is 0. The van der Waals surface area contributed by atoms with Crippen LogP contribution in [0.3, 0.4) is 0 Å². The van der Waals surface area contributed by atoms with Gasteiger partial charge in [0.05, 0.1) is 9.49 Å². The summed E-state index contributed by atoms with van der Waals surface area (Å²) in [6, 6.07) is 0. The van der Waals surface area contributed by atoms with E-state index in [-0.39, 0.29) is 9.49 Å². The van der Waals surface area contributed by atoms with Gasteiger partial charge in [-0.3, -0.25) is 9.98 Å². The number of hydrogen-bond acceptors (Lipinski definition) is 4. The van der Waals surface area contributed by atoms with Gasteiger partial charge in [-0.1, -0.05) is 228 Å². The molecule has 0 saturated heterocycles. The highest BCUT2D eigenvalue weighted by Crippen LogP contribution is 2.42. The van der Waals surface area contributed by atoms with Gasteiger partial charge in [-0.15, -0.1) is 0 Å². The van der Waals surface area contributed by atoms with E-state index in [0.29, 0.717) is 0 Å². The second kappa shape index (κ2) is 36.8. The maximum atomic E-state index is 4.81. The van der Waals surface area contributed by atoms with Crippen LogP contribution in [0.5, 0.6) is 0 Å². The zero-order valence-corrected chi connectivity index (χ0v) is 35.5. The van der Waals surface area contributed by atoms with Gasteiger partial charge < -0.3 is 0 Å². The quantitative estimate of drug-likeness (QED) is 0.0361. The summed E-state index contributed by atoms with van der Waals surface area (Å²) >= 11 is 0. The van der Waals surface area contributed by atoms with Crippen molar-refractivity contribution in [3.8, 4) is 0 Å². The number of aliphatic imine (C=N–C) groups is 2. The molecule has 0 aromatic rings. The van der Waals surface area contributed by atoms with Crippen LogP contribution < -0.4 is 0 Å². The lowest BCUT2D eigenvalue weighted by Crippen LogP contribution is -2.21. The van der Waals surface area contributed by atoms with E-state index in [0.717, 1.165) is 13.1 Å². The van der Waals surface area contributed by atoms with E-state index in [1.165, 1.54) is 205 Å². The van der Waals surface area contributed by atoms with Crippen LogP contribution in [-0.4, -0.2) is 35.0 Å². The Bertz CT molecular complexity index is 629. The number of unbranched alkanes of at least 4 members (excludes halogenated alkanes) is 30. The second-order valence-corrected chi connectivity index (χ2v) is 19.5. The Morgan fingerprint density at radius 1 is 0.312 bits per heavy atom. The fourth-order valence-electron chi connectivity index (χ4n) is 6.33. The lowest BCUT2D eigenvalue weighted by atomic mass is 10.0. The normalized spacial score (nSPS) is 12.7. The van der Waals surface area contributed by atoms with Crippen LogP contribution in [0.2, 0.25) is 0 Å². The summed E-state index contributed by atoms with van der Waals surface area (Å²) in [4.78, 5) is 9.61. The summed E-state index contributed by atoms with van der Waals surface area (Å²) < 4.78 is 0.109. The summed E-state index contributed by atoms with van der Waals surface area (Å²) in [6.07, 6.45) is 49.8. The Morgan fingerprint density at radius 3 is 0.708 bits per heavy atom. The highest BCUT2D eigenvalue weighted by Gasteiger charge is 2.23. The Labute approximate surface area is 312 Å². The standard InChI is InChI=1S/C44H88N2S2/c1-7-9-11-13-15-17-19-21-23-25-27-29-31-33-35-37-39-45-41-43(3,4)47-48-44(5,6)42-46-40-38-36-34-32-30-28-26-24-22-20-18-16-14-12-10-8-2/h41-42H,7-40H2,1-6H3. The van der Waals surface area contributed by atoms with Crippen molar-refractivity contribution in [2.45, 2.75) is 257 Å². The molecule has 0 aromatic heterocycles. The van der Waals surface area contributed by atoms with Gasteiger partial charge in [0, 0.05) is 25.5 Å². The smallest absolute Gasteiger partial charge is 0.0554 e. The molecule has 286 valence electrons. The minimum absolute atomic E-state index is 0.0543. The first kappa shape index (κ1) is 48.0. The van der Waals surface area contributed by atoms with E-state index in [1.54, 1.807) is 0 Å². The van der Waals surface area contributed by atoms with E-state index >= 15 is 0 Å². The molecule has 0 amide bonds. The lowest BCUT2D eigenvalue weighted by molar-refractivity contribution is 0.530. The average molecular weight is 709 g/mol. The molecular formula is C44H88N2S2. The van der Waals surface area contributed by atoms with Crippen LogP contribution in [0.25, 0.3) is 0 Å². The first-order valence-electron chi connectivity index (χ1n) is 21.7. The van der Waals surface area contributed by atoms with Crippen molar-refractivity contribution in [2.24, 2.45) is 9.98 Å². The Morgan fingerprint density at radius 2 is 0.500 bits per heavy atom. The van der Waals surface area contributed by atoms with Crippen LogP contribution >= 0.6 is 21.6 Å².